The number of carbonyl (C=O) groups excluding carboxylic acids is 1. The van der Waals surface area contributed by atoms with Gasteiger partial charge in [-0.05, 0) is 6.92 Å². The Bertz CT molecular complexity index is 44.2. The molecule has 0 spiro atoms. The van der Waals surface area contributed by atoms with Crippen molar-refractivity contribution in [1.29, 1.82) is 0 Å². The van der Waals surface area contributed by atoms with Crippen molar-refractivity contribution in [3.8, 4) is 0 Å². The van der Waals surface area contributed by atoms with Gasteiger partial charge in [0.25, 0.3) is 0 Å². The molecule has 0 radical (unpaired) electrons. The monoisotopic (exact) mass is 123 g/mol. The Morgan fingerprint density at radius 3 is 1.86 bits per heavy atom. The highest BCUT2D eigenvalue weighted by atomic mass is 32.2. The van der Waals surface area contributed by atoms with Crippen LogP contribution in [-0.2, 0) is 4.79 Å². The molecular formula is C3H9NO2S. The molecule has 0 aromatic rings. The lowest BCUT2D eigenvalue weighted by Gasteiger charge is -1.77. The molecule has 0 aliphatic carbocycles. The summed E-state index contributed by atoms with van der Waals surface area (Å²) in [7, 11) is 0. The number of carboxylic acids is 1. The minimum Gasteiger partial charge on any atom is -0.550 e. The first kappa shape index (κ1) is 9.91. The SMILES string of the molecule is CC(=O)[O-].CS[NH3+]. The van der Waals surface area contributed by atoms with Crippen LogP contribution in [0.25, 0.3) is 0 Å². The maximum Gasteiger partial charge on any atom is 0.0652 e. The van der Waals surface area contributed by atoms with Gasteiger partial charge < -0.3 is 9.90 Å². The normalized spacial score (nSPS) is 6.14. The molecule has 3 N–H and O–H groups in total. The van der Waals surface area contributed by atoms with Gasteiger partial charge in [-0.25, -0.2) is 0 Å². The number of hydrogen-bond donors (Lipinski definition) is 1. The first-order chi connectivity index (χ1) is 3.15. The van der Waals surface area contributed by atoms with E-state index < -0.39 is 5.97 Å². The van der Waals surface area contributed by atoms with E-state index in [0.717, 1.165) is 6.92 Å². The Kier molecular flexibility index (Phi) is 13.1. The molecule has 0 saturated carbocycles. The van der Waals surface area contributed by atoms with Gasteiger partial charge >= 0.3 is 0 Å². The molecule has 0 amide bonds. The van der Waals surface area contributed by atoms with Gasteiger partial charge in [-0.3, -0.25) is 5.14 Å². The second kappa shape index (κ2) is 9.24. The van der Waals surface area contributed by atoms with Gasteiger partial charge in [0.1, 0.15) is 0 Å². The molecule has 0 aromatic heterocycles. The van der Waals surface area contributed by atoms with Crippen LogP contribution in [0, 0.1) is 0 Å². The van der Waals surface area contributed by atoms with Crippen LogP contribution < -0.4 is 10.2 Å². The first-order valence-corrected chi connectivity index (χ1v) is 3.00. The summed E-state index contributed by atoms with van der Waals surface area (Å²) in [4.78, 5) is 8.89. The Morgan fingerprint density at radius 2 is 1.86 bits per heavy atom. The largest absolute Gasteiger partial charge is 0.550 e. The van der Waals surface area contributed by atoms with Gasteiger partial charge in [0.05, 0.1) is 11.9 Å². The number of rotatable bonds is 0. The van der Waals surface area contributed by atoms with Crippen LogP contribution in [0.15, 0.2) is 0 Å². The van der Waals surface area contributed by atoms with Crippen LogP contribution in [0.1, 0.15) is 6.92 Å². The quantitative estimate of drug-likeness (QED) is 0.389. The average Bonchev–Trinajstić information content (AvgIpc) is 1.33. The third kappa shape index (κ3) is 1710. The molecule has 0 aromatic carbocycles. The Labute approximate surface area is 47.0 Å². The first-order valence-electron chi connectivity index (χ1n) is 1.61. The fourth-order valence-electron chi connectivity index (χ4n) is 0. The topological polar surface area (TPSA) is 67.8 Å². The molecule has 7 heavy (non-hydrogen) atoms. The number of hydrogen-bond acceptors (Lipinski definition) is 3. The highest BCUT2D eigenvalue weighted by molar-refractivity contribution is 7.91. The molecule has 0 aliphatic heterocycles. The third-order valence-electron chi connectivity index (χ3n) is 0. The van der Waals surface area contributed by atoms with Crippen LogP contribution in [0.5, 0.6) is 0 Å². The van der Waals surface area contributed by atoms with E-state index in [1.807, 2.05) is 6.26 Å². The summed E-state index contributed by atoms with van der Waals surface area (Å²) in [6.45, 7) is 0.972. The van der Waals surface area contributed by atoms with E-state index in [4.69, 9.17) is 9.90 Å². The second-order valence-electron chi connectivity index (χ2n) is 0.780. The molecule has 0 unspecified atom stereocenters. The van der Waals surface area contributed by atoms with Crippen LogP contribution in [0.4, 0.5) is 0 Å². The highest BCUT2D eigenvalue weighted by Gasteiger charge is 1.46. The fraction of sp³-hybridized carbons (Fsp3) is 0.667. The summed E-state index contributed by atoms with van der Waals surface area (Å²) in [5.41, 5.74) is 0. The number of aliphatic carboxylic acids is 1. The molecule has 0 heterocycles. The lowest BCUT2D eigenvalue weighted by Crippen LogP contribution is -2.35. The molecular weight excluding hydrogens is 114 g/mol. The fourth-order valence-corrected chi connectivity index (χ4v) is 0. The molecule has 0 rings (SSSR count). The average molecular weight is 123 g/mol. The summed E-state index contributed by atoms with van der Waals surface area (Å²) < 4.78 is 0. The molecule has 44 valence electrons. The van der Waals surface area contributed by atoms with E-state index in [-0.39, 0.29) is 0 Å². The molecule has 0 bridgehead atoms. The van der Waals surface area contributed by atoms with E-state index in [1.165, 1.54) is 11.9 Å². The number of quaternary nitrogens is 1. The van der Waals surface area contributed by atoms with Crippen molar-refractivity contribution in [3.05, 3.63) is 0 Å². The number of carboxylic acid groups (broad SMARTS) is 1. The highest BCUT2D eigenvalue weighted by Crippen LogP contribution is 1.52. The summed E-state index contributed by atoms with van der Waals surface area (Å²) in [6.07, 6.45) is 1.93. The van der Waals surface area contributed by atoms with E-state index in [0.29, 0.717) is 0 Å². The molecule has 0 atom stereocenters. The van der Waals surface area contributed by atoms with Crippen molar-refractivity contribution in [3.63, 3.8) is 0 Å². The van der Waals surface area contributed by atoms with E-state index in [1.54, 1.807) is 0 Å². The maximum atomic E-state index is 8.89. The summed E-state index contributed by atoms with van der Waals surface area (Å²) >= 11 is 1.50. The van der Waals surface area contributed by atoms with Gasteiger partial charge in [0.15, 0.2) is 0 Å². The summed E-state index contributed by atoms with van der Waals surface area (Å²) in [5.74, 6) is -1.08. The maximum absolute atomic E-state index is 8.89. The van der Waals surface area contributed by atoms with Crippen molar-refractivity contribution in [2.45, 2.75) is 6.92 Å². The minimum absolute atomic E-state index is 0.972. The van der Waals surface area contributed by atoms with E-state index >= 15 is 0 Å². The van der Waals surface area contributed by atoms with Crippen molar-refractivity contribution in [2.75, 3.05) is 6.26 Å². The molecule has 4 heteroatoms. The van der Waals surface area contributed by atoms with Crippen molar-refractivity contribution in [1.82, 2.24) is 0 Å². The zero-order valence-corrected chi connectivity index (χ0v) is 5.25. The van der Waals surface area contributed by atoms with Gasteiger partial charge in [-0.15, -0.1) is 0 Å². The summed E-state index contributed by atoms with van der Waals surface area (Å²) in [6, 6.07) is 0. The van der Waals surface area contributed by atoms with E-state index in [2.05, 4.69) is 5.14 Å². The van der Waals surface area contributed by atoms with Crippen molar-refractivity contribution < 1.29 is 15.0 Å². The van der Waals surface area contributed by atoms with Crippen LogP contribution in [-0.4, -0.2) is 12.2 Å². The van der Waals surface area contributed by atoms with Gasteiger partial charge in [0.2, 0.25) is 0 Å². The summed E-state index contributed by atoms with van der Waals surface area (Å²) in [5, 5.41) is 12.3. The van der Waals surface area contributed by atoms with Gasteiger partial charge in [-0.1, -0.05) is 0 Å². The van der Waals surface area contributed by atoms with Gasteiger partial charge in [0, 0.05) is 12.2 Å². The van der Waals surface area contributed by atoms with Crippen LogP contribution >= 0.6 is 11.9 Å². The lowest BCUT2D eigenvalue weighted by atomic mass is 10.9. The van der Waals surface area contributed by atoms with Gasteiger partial charge in [-0.2, -0.15) is 0 Å². The third-order valence-corrected chi connectivity index (χ3v) is 0. The van der Waals surface area contributed by atoms with Crippen molar-refractivity contribution in [2.24, 2.45) is 0 Å². The standard InChI is InChI=1S/C2H4O2.CH5NS/c1-2(3)4;1-3-2/h1H3,(H,3,4);2H2,1H3. The lowest BCUT2D eigenvalue weighted by molar-refractivity contribution is -0.302. The van der Waals surface area contributed by atoms with Crippen LogP contribution in [0.3, 0.4) is 0 Å². The Hall–Kier alpha value is -0.220. The van der Waals surface area contributed by atoms with Crippen LogP contribution in [0.2, 0.25) is 0 Å². The molecule has 3 nitrogen and oxygen atoms in total. The molecule has 0 saturated heterocycles. The predicted octanol–water partition coefficient (Wildman–Crippen LogP) is -1.74. The zero-order chi connectivity index (χ0) is 6.28. The Morgan fingerprint density at radius 1 is 1.86 bits per heavy atom. The minimum atomic E-state index is -1.08. The number of carbonyl (C=O) groups is 1. The smallest absolute Gasteiger partial charge is 0.0652 e. The predicted molar refractivity (Wildman–Crippen MR) is 27.1 cm³/mol. The second-order valence-corrected chi connectivity index (χ2v) is 1.36. The van der Waals surface area contributed by atoms with Crippen molar-refractivity contribution >= 4 is 17.9 Å². The zero-order valence-electron chi connectivity index (χ0n) is 4.43. The molecule has 0 aliphatic rings. The Balaban J connectivity index is 0. The molecule has 0 fully saturated rings. The van der Waals surface area contributed by atoms with E-state index in [9.17, 15) is 0 Å².